The molecule has 2 N–H and O–H groups in total. The van der Waals surface area contributed by atoms with Crippen molar-refractivity contribution in [1.82, 2.24) is 4.31 Å². The molecule has 0 aliphatic carbocycles. The van der Waals surface area contributed by atoms with Crippen molar-refractivity contribution in [3.8, 4) is 0 Å². The van der Waals surface area contributed by atoms with E-state index < -0.39 is 10.0 Å². The molecule has 0 radical (unpaired) electrons. The summed E-state index contributed by atoms with van der Waals surface area (Å²) in [5, 5.41) is 0. The normalized spacial score (nSPS) is 11.8. The largest absolute Gasteiger partial charge is 0.399 e. The van der Waals surface area contributed by atoms with Gasteiger partial charge in [-0.3, -0.25) is 0 Å². The monoisotopic (exact) mass is 304 g/mol. The third kappa shape index (κ3) is 4.06. The van der Waals surface area contributed by atoms with Crippen molar-refractivity contribution < 1.29 is 8.42 Å². The fraction of sp³-hybridized carbons (Fsp3) is 0.250. The lowest BCUT2D eigenvalue weighted by Crippen LogP contribution is -2.28. The van der Waals surface area contributed by atoms with Crippen molar-refractivity contribution in [2.45, 2.75) is 19.2 Å². The van der Waals surface area contributed by atoms with Crippen LogP contribution in [0.5, 0.6) is 0 Å². The number of aryl methyl sites for hydroxylation is 1. The van der Waals surface area contributed by atoms with Gasteiger partial charge in [0.2, 0.25) is 10.0 Å². The third-order valence-corrected chi connectivity index (χ3v) is 5.23. The van der Waals surface area contributed by atoms with Gasteiger partial charge in [-0.25, -0.2) is 12.7 Å². The predicted octanol–water partition coefficient (Wildman–Crippen LogP) is 2.54. The molecule has 0 aliphatic rings. The summed E-state index contributed by atoms with van der Waals surface area (Å²) < 4.78 is 26.2. The van der Waals surface area contributed by atoms with E-state index in [0.29, 0.717) is 12.2 Å². The molecule has 0 aliphatic heterocycles. The second-order valence-electron chi connectivity index (χ2n) is 5.18. The molecule has 21 heavy (non-hydrogen) atoms. The fourth-order valence-electron chi connectivity index (χ4n) is 2.06. The number of nitrogens with two attached hydrogens (primary N) is 1. The zero-order chi connectivity index (χ0) is 15.5. The van der Waals surface area contributed by atoms with Crippen LogP contribution in [0, 0.1) is 6.92 Å². The summed E-state index contributed by atoms with van der Waals surface area (Å²) in [6, 6.07) is 14.7. The molecule has 0 heterocycles. The van der Waals surface area contributed by atoms with Gasteiger partial charge < -0.3 is 5.73 Å². The first kappa shape index (κ1) is 15.5. The summed E-state index contributed by atoms with van der Waals surface area (Å²) in [6.07, 6.45) is 0. The summed E-state index contributed by atoms with van der Waals surface area (Å²) in [7, 11) is -1.74. The van der Waals surface area contributed by atoms with Crippen LogP contribution >= 0.6 is 0 Å². The number of anilines is 1. The van der Waals surface area contributed by atoms with E-state index in [1.54, 1.807) is 31.3 Å². The Balaban J connectivity index is 2.12. The quantitative estimate of drug-likeness (QED) is 0.863. The first-order valence-electron chi connectivity index (χ1n) is 6.71. The second-order valence-corrected chi connectivity index (χ2v) is 7.26. The highest BCUT2D eigenvalue weighted by atomic mass is 32.2. The van der Waals surface area contributed by atoms with Gasteiger partial charge in [-0.2, -0.15) is 0 Å². The van der Waals surface area contributed by atoms with Gasteiger partial charge in [0.25, 0.3) is 0 Å². The first-order valence-corrected chi connectivity index (χ1v) is 8.32. The molecule has 0 atom stereocenters. The Morgan fingerprint density at radius 1 is 1.05 bits per heavy atom. The molecular weight excluding hydrogens is 284 g/mol. The van der Waals surface area contributed by atoms with Crippen molar-refractivity contribution >= 4 is 15.7 Å². The topological polar surface area (TPSA) is 63.4 Å². The minimum absolute atomic E-state index is 0.0182. The molecule has 0 unspecified atom stereocenters. The van der Waals surface area contributed by atoms with E-state index in [4.69, 9.17) is 5.73 Å². The molecule has 2 aromatic rings. The van der Waals surface area contributed by atoms with Crippen molar-refractivity contribution in [1.29, 1.82) is 0 Å². The summed E-state index contributed by atoms with van der Waals surface area (Å²) in [5.41, 5.74) is 9.08. The summed E-state index contributed by atoms with van der Waals surface area (Å²) in [4.78, 5) is 0. The Morgan fingerprint density at radius 2 is 1.67 bits per heavy atom. The van der Waals surface area contributed by atoms with Crippen LogP contribution in [0.3, 0.4) is 0 Å². The van der Waals surface area contributed by atoms with Gasteiger partial charge in [-0.15, -0.1) is 0 Å². The Labute approximate surface area is 126 Å². The molecule has 0 fully saturated rings. The first-order chi connectivity index (χ1) is 9.88. The Kier molecular flexibility index (Phi) is 4.65. The van der Waals surface area contributed by atoms with Gasteiger partial charge in [0.15, 0.2) is 0 Å². The molecule has 0 spiro atoms. The van der Waals surface area contributed by atoms with Crippen LogP contribution < -0.4 is 5.73 Å². The smallest absolute Gasteiger partial charge is 0.218 e. The van der Waals surface area contributed by atoms with Gasteiger partial charge in [0.1, 0.15) is 0 Å². The van der Waals surface area contributed by atoms with Gasteiger partial charge in [-0.1, -0.05) is 36.4 Å². The van der Waals surface area contributed by atoms with Crippen LogP contribution in [-0.4, -0.2) is 19.8 Å². The van der Waals surface area contributed by atoms with Gasteiger partial charge in [0, 0.05) is 19.3 Å². The molecule has 0 amide bonds. The lowest BCUT2D eigenvalue weighted by molar-refractivity contribution is 0.465. The number of hydrogen-bond donors (Lipinski definition) is 1. The predicted molar refractivity (Wildman–Crippen MR) is 86.1 cm³/mol. The van der Waals surface area contributed by atoms with Crippen molar-refractivity contribution in [3.05, 3.63) is 65.2 Å². The Bertz CT molecular complexity index is 709. The summed E-state index contributed by atoms with van der Waals surface area (Å²) >= 11 is 0. The maximum Gasteiger partial charge on any atom is 0.218 e. The summed E-state index contributed by atoms with van der Waals surface area (Å²) in [5.74, 6) is -0.0182. The van der Waals surface area contributed by atoms with Gasteiger partial charge >= 0.3 is 0 Å². The second kappa shape index (κ2) is 6.28. The molecule has 2 aromatic carbocycles. The SMILES string of the molecule is Cc1ccccc1CN(C)S(=O)(=O)Cc1ccc(N)cc1. The molecule has 0 bridgehead atoms. The van der Waals surface area contributed by atoms with Gasteiger partial charge in [-0.05, 0) is 35.7 Å². The molecule has 2 rings (SSSR count). The molecular formula is C16H20N2O2S. The number of hydrogen-bond acceptors (Lipinski definition) is 3. The standard InChI is InChI=1S/C16H20N2O2S/c1-13-5-3-4-6-15(13)11-18(2)21(19,20)12-14-7-9-16(17)10-8-14/h3-10H,11-12,17H2,1-2H3. The Morgan fingerprint density at radius 3 is 2.29 bits per heavy atom. The van der Waals surface area contributed by atoms with E-state index >= 15 is 0 Å². The number of rotatable bonds is 5. The highest BCUT2D eigenvalue weighted by Gasteiger charge is 2.19. The summed E-state index contributed by atoms with van der Waals surface area (Å²) in [6.45, 7) is 2.36. The maximum atomic E-state index is 12.4. The number of nitrogen functional groups attached to an aromatic ring is 1. The van der Waals surface area contributed by atoms with Crippen LogP contribution in [0.15, 0.2) is 48.5 Å². The minimum atomic E-state index is -3.35. The maximum absolute atomic E-state index is 12.4. The van der Waals surface area contributed by atoms with Crippen molar-refractivity contribution in [3.63, 3.8) is 0 Å². The highest BCUT2D eigenvalue weighted by Crippen LogP contribution is 2.16. The van der Waals surface area contributed by atoms with E-state index in [1.165, 1.54) is 4.31 Å². The van der Waals surface area contributed by atoms with E-state index in [-0.39, 0.29) is 5.75 Å². The van der Waals surface area contributed by atoms with Crippen LogP contribution in [0.2, 0.25) is 0 Å². The van der Waals surface area contributed by atoms with Gasteiger partial charge in [0.05, 0.1) is 5.75 Å². The van der Waals surface area contributed by atoms with Crippen LogP contribution in [-0.2, 0) is 22.3 Å². The van der Waals surface area contributed by atoms with Crippen molar-refractivity contribution in [2.24, 2.45) is 0 Å². The Hall–Kier alpha value is -1.85. The van der Waals surface area contributed by atoms with E-state index in [2.05, 4.69) is 0 Å². The molecule has 0 saturated heterocycles. The number of sulfonamides is 1. The molecule has 0 aromatic heterocycles. The van der Waals surface area contributed by atoms with Crippen LogP contribution in [0.25, 0.3) is 0 Å². The zero-order valence-corrected chi connectivity index (χ0v) is 13.1. The zero-order valence-electron chi connectivity index (χ0n) is 12.3. The van der Waals surface area contributed by atoms with Crippen LogP contribution in [0.4, 0.5) is 5.69 Å². The number of benzene rings is 2. The average molecular weight is 304 g/mol. The minimum Gasteiger partial charge on any atom is -0.399 e. The average Bonchev–Trinajstić information content (AvgIpc) is 2.43. The van der Waals surface area contributed by atoms with E-state index in [1.807, 2.05) is 31.2 Å². The molecule has 0 saturated carbocycles. The molecule has 5 heteroatoms. The molecule has 4 nitrogen and oxygen atoms in total. The number of nitrogens with zero attached hydrogens (tertiary/aromatic N) is 1. The third-order valence-electron chi connectivity index (χ3n) is 3.46. The van der Waals surface area contributed by atoms with Crippen LogP contribution in [0.1, 0.15) is 16.7 Å². The highest BCUT2D eigenvalue weighted by molar-refractivity contribution is 7.88. The lowest BCUT2D eigenvalue weighted by atomic mass is 10.1. The van der Waals surface area contributed by atoms with Crippen molar-refractivity contribution in [2.75, 3.05) is 12.8 Å². The molecule has 112 valence electrons. The fourth-order valence-corrected chi connectivity index (χ4v) is 3.23. The lowest BCUT2D eigenvalue weighted by Gasteiger charge is -2.18. The van der Waals surface area contributed by atoms with E-state index in [9.17, 15) is 8.42 Å². The van der Waals surface area contributed by atoms with E-state index in [0.717, 1.165) is 16.7 Å².